The van der Waals surface area contributed by atoms with E-state index in [2.05, 4.69) is 15.5 Å². The number of carbonyl (C=O) groups excluding carboxylic acids is 1. The molecule has 1 aromatic carbocycles. The zero-order valence-electron chi connectivity index (χ0n) is 10.5. The van der Waals surface area contributed by atoms with Gasteiger partial charge in [0.2, 0.25) is 5.91 Å². The average molecular weight is 256 g/mol. The van der Waals surface area contributed by atoms with Gasteiger partial charge in [0, 0.05) is 12.0 Å². The number of hydrogen-bond acceptors (Lipinski definition) is 3. The second-order valence-electron chi connectivity index (χ2n) is 4.86. The minimum atomic E-state index is -0.672. The number of nitrogens with two attached hydrogens (primary N) is 1. The fourth-order valence-corrected chi connectivity index (χ4v) is 2.01. The summed E-state index contributed by atoms with van der Waals surface area (Å²) in [7, 11) is 0. The maximum atomic E-state index is 12.0. The number of aromatic amines is 1. The van der Waals surface area contributed by atoms with E-state index in [1.807, 2.05) is 36.4 Å². The van der Waals surface area contributed by atoms with E-state index in [9.17, 15) is 4.79 Å². The van der Waals surface area contributed by atoms with E-state index in [0.29, 0.717) is 11.7 Å². The highest BCUT2D eigenvalue weighted by molar-refractivity contribution is 5.94. The Kier molecular flexibility index (Phi) is 3.05. The van der Waals surface area contributed by atoms with E-state index in [0.717, 1.165) is 11.3 Å². The number of nitrogens with one attached hydrogen (secondary N) is 2. The van der Waals surface area contributed by atoms with Gasteiger partial charge >= 0.3 is 0 Å². The van der Waals surface area contributed by atoms with Gasteiger partial charge in [0.15, 0.2) is 0 Å². The molecule has 1 amide bonds. The van der Waals surface area contributed by atoms with Crippen LogP contribution in [0.25, 0.3) is 0 Å². The highest BCUT2D eigenvalue weighted by atomic mass is 16.2. The number of carbonyl (C=O) groups is 1. The lowest BCUT2D eigenvalue weighted by molar-refractivity contribution is -0.117. The quantitative estimate of drug-likeness (QED) is 0.781. The maximum Gasteiger partial charge on any atom is 0.247 e. The van der Waals surface area contributed by atoms with Crippen molar-refractivity contribution in [2.24, 2.45) is 5.73 Å². The molecule has 0 bridgehead atoms. The highest BCUT2D eigenvalue weighted by Crippen LogP contribution is 2.39. The smallest absolute Gasteiger partial charge is 0.247 e. The van der Waals surface area contributed by atoms with Gasteiger partial charge in [0.1, 0.15) is 11.9 Å². The number of amides is 1. The number of benzene rings is 1. The third-order valence-corrected chi connectivity index (χ3v) is 3.29. The first-order valence-electron chi connectivity index (χ1n) is 6.41. The van der Waals surface area contributed by atoms with Crippen LogP contribution < -0.4 is 11.1 Å². The summed E-state index contributed by atoms with van der Waals surface area (Å²) < 4.78 is 0. The summed E-state index contributed by atoms with van der Waals surface area (Å²) in [6.07, 6.45) is 2.36. The molecule has 1 atom stereocenters. The number of H-pyrrole nitrogens is 1. The van der Waals surface area contributed by atoms with E-state index >= 15 is 0 Å². The number of anilines is 1. The summed E-state index contributed by atoms with van der Waals surface area (Å²) in [4.78, 5) is 12.0. The van der Waals surface area contributed by atoms with E-state index in [-0.39, 0.29) is 5.91 Å². The first kappa shape index (κ1) is 11.9. The lowest BCUT2D eigenvalue weighted by Gasteiger charge is -2.11. The molecule has 1 aliphatic carbocycles. The van der Waals surface area contributed by atoms with Gasteiger partial charge in [-0.2, -0.15) is 5.10 Å². The summed E-state index contributed by atoms with van der Waals surface area (Å²) in [5.74, 6) is 0.931. The minimum Gasteiger partial charge on any atom is -0.316 e. The Balaban J connectivity index is 1.66. The van der Waals surface area contributed by atoms with Crippen LogP contribution in [0.3, 0.4) is 0 Å². The van der Waals surface area contributed by atoms with Crippen LogP contribution in [0.5, 0.6) is 0 Å². The molecule has 19 heavy (non-hydrogen) atoms. The molecule has 0 spiro atoms. The van der Waals surface area contributed by atoms with Crippen molar-refractivity contribution < 1.29 is 4.79 Å². The predicted molar refractivity (Wildman–Crippen MR) is 72.6 cm³/mol. The van der Waals surface area contributed by atoms with Gasteiger partial charge in [-0.1, -0.05) is 30.3 Å². The summed E-state index contributed by atoms with van der Waals surface area (Å²) in [5.41, 5.74) is 7.73. The molecule has 1 fully saturated rings. The van der Waals surface area contributed by atoms with E-state index < -0.39 is 6.04 Å². The largest absolute Gasteiger partial charge is 0.316 e. The second kappa shape index (κ2) is 4.85. The Labute approximate surface area is 111 Å². The normalized spacial score (nSPS) is 16.1. The van der Waals surface area contributed by atoms with Crippen molar-refractivity contribution >= 4 is 11.7 Å². The maximum absolute atomic E-state index is 12.0. The first-order valence-corrected chi connectivity index (χ1v) is 6.41. The molecule has 1 saturated carbocycles. The first-order chi connectivity index (χ1) is 9.24. The van der Waals surface area contributed by atoms with Crippen LogP contribution in [0.1, 0.15) is 36.1 Å². The molecule has 5 heteroatoms. The van der Waals surface area contributed by atoms with Gasteiger partial charge in [0.25, 0.3) is 0 Å². The molecular weight excluding hydrogens is 240 g/mol. The zero-order valence-corrected chi connectivity index (χ0v) is 10.5. The fourth-order valence-electron chi connectivity index (χ4n) is 2.01. The van der Waals surface area contributed by atoms with Crippen LogP contribution in [0, 0.1) is 0 Å². The predicted octanol–water partition coefficient (Wildman–Crippen LogP) is 1.93. The van der Waals surface area contributed by atoms with Gasteiger partial charge in [-0.15, -0.1) is 0 Å². The van der Waals surface area contributed by atoms with Crippen LogP contribution in [0.15, 0.2) is 36.4 Å². The third-order valence-electron chi connectivity index (χ3n) is 3.29. The lowest BCUT2D eigenvalue weighted by atomic mass is 10.1. The Morgan fingerprint density at radius 2 is 2.11 bits per heavy atom. The Bertz CT molecular complexity index is 574. The van der Waals surface area contributed by atoms with Gasteiger partial charge < -0.3 is 11.1 Å². The Morgan fingerprint density at radius 3 is 2.79 bits per heavy atom. The molecule has 0 aliphatic heterocycles. The molecule has 98 valence electrons. The molecule has 2 aromatic rings. The van der Waals surface area contributed by atoms with Crippen molar-refractivity contribution in [1.29, 1.82) is 0 Å². The molecule has 0 unspecified atom stereocenters. The number of aromatic nitrogens is 2. The number of nitrogens with zero attached hydrogens (tertiary/aromatic N) is 1. The molecule has 1 aliphatic rings. The average Bonchev–Trinajstić information content (AvgIpc) is 3.20. The number of rotatable bonds is 4. The van der Waals surface area contributed by atoms with Crippen molar-refractivity contribution in [1.82, 2.24) is 10.2 Å². The van der Waals surface area contributed by atoms with Crippen molar-refractivity contribution in [3.8, 4) is 0 Å². The Morgan fingerprint density at radius 1 is 1.37 bits per heavy atom. The molecular formula is C14H16N4O. The van der Waals surface area contributed by atoms with Crippen molar-refractivity contribution in [3.05, 3.63) is 47.7 Å². The minimum absolute atomic E-state index is 0.239. The summed E-state index contributed by atoms with van der Waals surface area (Å²) in [6.45, 7) is 0. The summed E-state index contributed by atoms with van der Waals surface area (Å²) in [5, 5.41) is 9.77. The highest BCUT2D eigenvalue weighted by Gasteiger charge is 2.26. The van der Waals surface area contributed by atoms with Crippen LogP contribution in [-0.4, -0.2) is 16.1 Å². The van der Waals surface area contributed by atoms with E-state index in [1.54, 1.807) is 0 Å². The second-order valence-corrected chi connectivity index (χ2v) is 4.86. The monoisotopic (exact) mass is 256 g/mol. The molecule has 4 N–H and O–H groups in total. The van der Waals surface area contributed by atoms with E-state index in [4.69, 9.17) is 5.73 Å². The van der Waals surface area contributed by atoms with Crippen LogP contribution >= 0.6 is 0 Å². The molecule has 1 heterocycles. The van der Waals surface area contributed by atoms with Gasteiger partial charge in [0.05, 0.1) is 5.69 Å². The van der Waals surface area contributed by atoms with Crippen molar-refractivity contribution in [2.75, 3.05) is 5.32 Å². The summed E-state index contributed by atoms with van der Waals surface area (Å²) in [6, 6.07) is 10.5. The summed E-state index contributed by atoms with van der Waals surface area (Å²) >= 11 is 0. The molecule has 3 rings (SSSR count). The van der Waals surface area contributed by atoms with Crippen LogP contribution in [0.2, 0.25) is 0 Å². The van der Waals surface area contributed by atoms with Crippen molar-refractivity contribution in [3.63, 3.8) is 0 Å². The van der Waals surface area contributed by atoms with E-state index in [1.165, 1.54) is 12.8 Å². The van der Waals surface area contributed by atoms with Gasteiger partial charge in [-0.3, -0.25) is 9.89 Å². The molecule has 0 radical (unpaired) electrons. The fraction of sp³-hybridized carbons (Fsp3) is 0.286. The third kappa shape index (κ3) is 2.66. The van der Waals surface area contributed by atoms with Gasteiger partial charge in [-0.05, 0) is 18.4 Å². The topological polar surface area (TPSA) is 83.8 Å². The van der Waals surface area contributed by atoms with Gasteiger partial charge in [-0.25, -0.2) is 0 Å². The standard InChI is InChI=1S/C14H16N4O/c15-13(10-4-2-1-3-5-10)14(19)16-12-8-11(17-18-12)9-6-7-9/h1-5,8-9,13H,6-7,15H2,(H2,16,17,18,19)/t13-/m0/s1. The SMILES string of the molecule is N[C@H](C(=O)Nc1cc(C2CC2)n[nH]1)c1ccccc1. The number of hydrogen-bond donors (Lipinski definition) is 3. The molecule has 5 nitrogen and oxygen atoms in total. The van der Waals surface area contributed by atoms with Crippen LogP contribution in [-0.2, 0) is 4.79 Å². The molecule has 1 aromatic heterocycles. The van der Waals surface area contributed by atoms with Crippen molar-refractivity contribution in [2.45, 2.75) is 24.8 Å². The lowest BCUT2D eigenvalue weighted by Crippen LogP contribution is -2.27. The Hall–Kier alpha value is -2.14. The van der Waals surface area contributed by atoms with Crippen LogP contribution in [0.4, 0.5) is 5.82 Å². The molecule has 0 saturated heterocycles. The zero-order chi connectivity index (χ0) is 13.2.